The predicted octanol–water partition coefficient (Wildman–Crippen LogP) is 0.858. The van der Waals surface area contributed by atoms with E-state index < -0.39 is 8.80 Å². The Balaban J connectivity index is 3.82. The van der Waals surface area contributed by atoms with Crippen molar-refractivity contribution in [1.29, 1.82) is 0 Å². The van der Waals surface area contributed by atoms with Crippen LogP contribution >= 0.6 is 0 Å². The zero-order valence-electron chi connectivity index (χ0n) is 10.9. The molecule has 5 nitrogen and oxygen atoms in total. The highest BCUT2D eigenvalue weighted by Gasteiger charge is 2.37. The largest absolute Gasteiger partial charge is 0.514 e. The van der Waals surface area contributed by atoms with Crippen molar-refractivity contribution in [1.82, 2.24) is 5.32 Å². The summed E-state index contributed by atoms with van der Waals surface area (Å²) in [5.41, 5.74) is 5.93. The van der Waals surface area contributed by atoms with Crippen LogP contribution in [0.3, 0.4) is 0 Å². The zero-order chi connectivity index (χ0) is 12.4. The topological polar surface area (TPSA) is 65.7 Å². The van der Waals surface area contributed by atoms with Crippen molar-refractivity contribution in [3.63, 3.8) is 0 Å². The van der Waals surface area contributed by atoms with Gasteiger partial charge < -0.3 is 19.0 Å². The molecule has 6 heteroatoms. The van der Waals surface area contributed by atoms with Gasteiger partial charge in [-0.15, -0.1) is 0 Å². The minimum atomic E-state index is -2.52. The molecule has 0 aliphatic carbocycles. The normalized spacial score (nSPS) is 14.1. The van der Waals surface area contributed by atoms with Crippen molar-refractivity contribution in [2.24, 2.45) is 5.73 Å². The van der Waals surface area contributed by atoms with Crippen LogP contribution in [0.2, 0.25) is 0 Å². The van der Waals surface area contributed by atoms with Crippen molar-refractivity contribution in [2.75, 3.05) is 27.5 Å². The SMILES string of the molecule is CCCCCC(N)NC[Si](OC)(OC)OC. The second kappa shape index (κ2) is 9.09. The van der Waals surface area contributed by atoms with Crippen molar-refractivity contribution in [3.8, 4) is 0 Å². The summed E-state index contributed by atoms with van der Waals surface area (Å²) in [5, 5.41) is 3.20. The second-order valence-corrected chi connectivity index (χ2v) is 6.72. The molecule has 0 amide bonds. The number of hydrogen-bond donors (Lipinski definition) is 2. The van der Waals surface area contributed by atoms with Crippen molar-refractivity contribution in [3.05, 3.63) is 0 Å². The lowest BCUT2D eigenvalue weighted by Gasteiger charge is -2.26. The van der Waals surface area contributed by atoms with Gasteiger partial charge in [0.1, 0.15) is 0 Å². The molecule has 0 radical (unpaired) electrons. The smallest absolute Gasteiger partial charge is 0.376 e. The van der Waals surface area contributed by atoms with Crippen LogP contribution in [0.4, 0.5) is 0 Å². The predicted molar refractivity (Wildman–Crippen MR) is 66.9 cm³/mol. The van der Waals surface area contributed by atoms with Crippen LogP contribution in [-0.4, -0.2) is 42.5 Å². The van der Waals surface area contributed by atoms with E-state index in [1.807, 2.05) is 0 Å². The van der Waals surface area contributed by atoms with E-state index in [2.05, 4.69) is 12.2 Å². The molecule has 0 saturated heterocycles. The molecule has 0 aromatic carbocycles. The Morgan fingerprint density at radius 3 is 2.12 bits per heavy atom. The highest BCUT2D eigenvalue weighted by atomic mass is 28.4. The van der Waals surface area contributed by atoms with Gasteiger partial charge >= 0.3 is 8.80 Å². The molecule has 0 rings (SSSR count). The van der Waals surface area contributed by atoms with E-state index in [1.54, 1.807) is 21.3 Å². The lowest BCUT2D eigenvalue weighted by atomic mass is 10.2. The van der Waals surface area contributed by atoms with E-state index in [0.29, 0.717) is 6.17 Å². The summed E-state index contributed by atoms with van der Waals surface area (Å²) in [6, 6.07) is 0. The monoisotopic (exact) mass is 250 g/mol. The van der Waals surface area contributed by atoms with Gasteiger partial charge in [0.2, 0.25) is 0 Å². The molecule has 0 fully saturated rings. The van der Waals surface area contributed by atoms with E-state index in [4.69, 9.17) is 19.0 Å². The van der Waals surface area contributed by atoms with E-state index >= 15 is 0 Å². The molecule has 1 unspecified atom stereocenters. The summed E-state index contributed by atoms with van der Waals surface area (Å²) >= 11 is 0. The standard InChI is InChI=1S/C10H26N2O3Si/c1-5-6-7-8-10(11)12-9-16(13-2,14-3)15-4/h10,12H,5-9,11H2,1-4H3. The van der Waals surface area contributed by atoms with E-state index in [-0.39, 0.29) is 6.17 Å². The Morgan fingerprint density at radius 2 is 1.69 bits per heavy atom. The van der Waals surface area contributed by atoms with E-state index in [1.165, 1.54) is 12.8 Å². The average molecular weight is 250 g/mol. The van der Waals surface area contributed by atoms with E-state index in [0.717, 1.165) is 12.8 Å². The van der Waals surface area contributed by atoms with Gasteiger partial charge in [-0.1, -0.05) is 26.2 Å². The second-order valence-electron chi connectivity index (χ2n) is 3.78. The molecule has 0 aromatic heterocycles. The lowest BCUT2D eigenvalue weighted by Crippen LogP contribution is -2.55. The van der Waals surface area contributed by atoms with Gasteiger partial charge in [-0.2, -0.15) is 0 Å². The maximum Gasteiger partial charge on any atom is 0.514 e. The molecule has 0 spiro atoms. The number of nitrogens with two attached hydrogens (primary N) is 1. The first-order valence-electron chi connectivity index (χ1n) is 5.78. The van der Waals surface area contributed by atoms with Gasteiger partial charge in [-0.25, -0.2) is 0 Å². The molecule has 0 aliphatic heterocycles. The maximum absolute atomic E-state index is 5.93. The molecule has 1 atom stereocenters. The van der Waals surface area contributed by atoms with Gasteiger partial charge in [-0.05, 0) is 6.42 Å². The highest BCUT2D eigenvalue weighted by molar-refractivity contribution is 6.60. The minimum absolute atomic E-state index is 0.0149. The van der Waals surface area contributed by atoms with E-state index in [9.17, 15) is 0 Å². The Bertz CT molecular complexity index is 160. The number of hydrogen-bond acceptors (Lipinski definition) is 5. The van der Waals surface area contributed by atoms with Gasteiger partial charge in [0.05, 0.1) is 12.3 Å². The fourth-order valence-corrected chi connectivity index (χ4v) is 2.88. The Morgan fingerprint density at radius 1 is 1.12 bits per heavy atom. The zero-order valence-corrected chi connectivity index (χ0v) is 11.9. The fraction of sp³-hybridized carbons (Fsp3) is 1.00. The molecule has 0 aromatic rings. The molecular formula is C10H26N2O3Si. The number of rotatable bonds is 10. The van der Waals surface area contributed by atoms with Crippen LogP contribution in [0, 0.1) is 0 Å². The molecular weight excluding hydrogens is 224 g/mol. The molecule has 0 aliphatic rings. The summed E-state index contributed by atoms with van der Waals surface area (Å²) in [7, 11) is 2.28. The summed E-state index contributed by atoms with van der Waals surface area (Å²) in [6.07, 6.45) is 5.07. The summed E-state index contributed by atoms with van der Waals surface area (Å²) < 4.78 is 15.9. The lowest BCUT2D eigenvalue weighted by molar-refractivity contribution is 0.120. The Labute approximate surface area is 100 Å². The molecule has 0 heterocycles. The molecule has 16 heavy (non-hydrogen) atoms. The summed E-state index contributed by atoms with van der Waals surface area (Å²) in [5.74, 6) is 0. The van der Waals surface area contributed by atoms with Crippen LogP contribution < -0.4 is 11.1 Å². The molecule has 98 valence electrons. The maximum atomic E-state index is 5.93. The van der Waals surface area contributed by atoms with Gasteiger partial charge in [-0.3, -0.25) is 5.32 Å². The quantitative estimate of drug-likeness (QED) is 0.342. The highest BCUT2D eigenvalue weighted by Crippen LogP contribution is 2.05. The molecule has 0 saturated carbocycles. The number of unbranched alkanes of at least 4 members (excludes halogenated alkanes) is 2. The number of nitrogens with one attached hydrogen (secondary N) is 1. The van der Waals surface area contributed by atoms with Crippen molar-refractivity contribution in [2.45, 2.75) is 38.8 Å². The van der Waals surface area contributed by atoms with Crippen LogP contribution in [0.25, 0.3) is 0 Å². The van der Waals surface area contributed by atoms with Crippen LogP contribution in [0.15, 0.2) is 0 Å². The van der Waals surface area contributed by atoms with Crippen molar-refractivity contribution >= 4 is 8.80 Å². The van der Waals surface area contributed by atoms with Crippen LogP contribution in [0.5, 0.6) is 0 Å². The van der Waals surface area contributed by atoms with Gasteiger partial charge in [0.25, 0.3) is 0 Å². The van der Waals surface area contributed by atoms with Gasteiger partial charge in [0.15, 0.2) is 0 Å². The Hall–Kier alpha value is 0.0169. The molecule has 3 N–H and O–H groups in total. The summed E-state index contributed by atoms with van der Waals surface area (Å²) in [4.78, 5) is 0. The first-order valence-corrected chi connectivity index (χ1v) is 7.71. The summed E-state index contributed by atoms with van der Waals surface area (Å²) in [6.45, 7) is 2.18. The third-order valence-corrected chi connectivity index (χ3v) is 5.14. The van der Waals surface area contributed by atoms with Crippen LogP contribution in [0.1, 0.15) is 32.6 Å². The minimum Gasteiger partial charge on any atom is -0.376 e. The van der Waals surface area contributed by atoms with Gasteiger partial charge in [0, 0.05) is 21.3 Å². The fourth-order valence-electron chi connectivity index (χ4n) is 1.44. The average Bonchev–Trinajstić information content (AvgIpc) is 2.32. The first-order chi connectivity index (χ1) is 7.64. The molecule has 0 bridgehead atoms. The Kier molecular flexibility index (Phi) is 9.10. The van der Waals surface area contributed by atoms with Crippen molar-refractivity contribution < 1.29 is 13.3 Å². The third kappa shape index (κ3) is 5.93. The first kappa shape index (κ1) is 16.0. The third-order valence-electron chi connectivity index (χ3n) is 2.63. The van der Waals surface area contributed by atoms with Crippen LogP contribution in [-0.2, 0) is 13.3 Å².